The molecule has 0 aliphatic heterocycles. The van der Waals surface area contributed by atoms with Gasteiger partial charge < -0.3 is 9.15 Å². The molecule has 0 spiro atoms. The Hall–Kier alpha value is -2.41. The van der Waals surface area contributed by atoms with Crippen LogP contribution in [0.2, 0.25) is 16.6 Å². The molecule has 3 aromatic heterocycles. The molecule has 32 heavy (non-hydrogen) atoms. The molecular formula is C25H35N3O3Si. The Morgan fingerprint density at radius 1 is 1.12 bits per heavy atom. The molecule has 0 N–H and O–H groups in total. The van der Waals surface area contributed by atoms with Gasteiger partial charge in [0.05, 0.1) is 24.6 Å². The van der Waals surface area contributed by atoms with Crippen LogP contribution in [0, 0.1) is 0 Å². The lowest BCUT2D eigenvalue weighted by atomic mass is 10.1. The first-order valence-electron chi connectivity index (χ1n) is 11.9. The van der Waals surface area contributed by atoms with Crippen molar-refractivity contribution in [3.8, 4) is 11.3 Å². The van der Waals surface area contributed by atoms with Gasteiger partial charge in [-0.3, -0.25) is 4.40 Å². The Kier molecular flexibility index (Phi) is 6.05. The number of pyridine rings is 1. The highest BCUT2D eigenvalue weighted by molar-refractivity contribution is 6.93. The fraction of sp³-hybridized carbons (Fsp3) is 0.560. The van der Waals surface area contributed by atoms with E-state index in [1.807, 2.05) is 23.7 Å². The Morgan fingerprint density at radius 3 is 2.34 bits per heavy atom. The first-order valence-corrected chi connectivity index (χ1v) is 14.1. The standard InChI is InChI=1S/C25H35N3O3Si/c1-8-30-24(29)21-12-26-23-20(11-19(14-28(21)23)18-9-10-18)22-13-27-25(31-22)32(15(2)3,16(4)5)17(6)7/h11-18H,8-10H2,1-7H3. The van der Waals surface area contributed by atoms with Crippen molar-refractivity contribution in [1.29, 1.82) is 0 Å². The molecule has 4 rings (SSSR count). The van der Waals surface area contributed by atoms with Gasteiger partial charge in [0, 0.05) is 6.20 Å². The van der Waals surface area contributed by atoms with Crippen LogP contribution in [0.1, 0.15) is 83.3 Å². The number of hydrogen-bond acceptors (Lipinski definition) is 5. The van der Waals surface area contributed by atoms with Crippen LogP contribution in [0.4, 0.5) is 0 Å². The number of rotatable bonds is 8. The van der Waals surface area contributed by atoms with E-state index < -0.39 is 8.07 Å². The van der Waals surface area contributed by atoms with Gasteiger partial charge in [0.15, 0.2) is 25.0 Å². The zero-order valence-corrected chi connectivity index (χ0v) is 21.3. The van der Waals surface area contributed by atoms with Crippen molar-refractivity contribution in [2.75, 3.05) is 6.61 Å². The summed E-state index contributed by atoms with van der Waals surface area (Å²) >= 11 is 0. The Morgan fingerprint density at radius 2 is 1.78 bits per heavy atom. The van der Waals surface area contributed by atoms with E-state index in [9.17, 15) is 4.79 Å². The lowest BCUT2D eigenvalue weighted by molar-refractivity contribution is 0.0518. The topological polar surface area (TPSA) is 69.6 Å². The maximum Gasteiger partial charge on any atom is 0.356 e. The second-order valence-corrected chi connectivity index (χ2v) is 15.7. The summed E-state index contributed by atoms with van der Waals surface area (Å²) in [6.45, 7) is 16.0. The predicted molar refractivity (Wildman–Crippen MR) is 129 cm³/mol. The number of imidazole rings is 1. The number of carbonyl (C=O) groups is 1. The summed E-state index contributed by atoms with van der Waals surface area (Å²) in [5.74, 6) is 0.892. The molecule has 1 aliphatic rings. The van der Waals surface area contributed by atoms with E-state index >= 15 is 0 Å². The average molecular weight is 454 g/mol. The van der Waals surface area contributed by atoms with Crippen LogP contribution in [0.3, 0.4) is 0 Å². The molecule has 1 saturated carbocycles. The van der Waals surface area contributed by atoms with Crippen molar-refractivity contribution in [2.24, 2.45) is 0 Å². The Labute approximate surface area is 191 Å². The summed E-state index contributed by atoms with van der Waals surface area (Å²) in [6.07, 6.45) is 7.82. The van der Waals surface area contributed by atoms with E-state index in [0.717, 1.165) is 16.8 Å². The zero-order chi connectivity index (χ0) is 23.2. The highest BCUT2D eigenvalue weighted by Gasteiger charge is 2.49. The van der Waals surface area contributed by atoms with Crippen molar-refractivity contribution in [1.82, 2.24) is 14.4 Å². The van der Waals surface area contributed by atoms with E-state index in [4.69, 9.17) is 14.1 Å². The molecular weight excluding hydrogens is 418 g/mol. The van der Waals surface area contributed by atoms with Crippen LogP contribution in [0.5, 0.6) is 0 Å². The van der Waals surface area contributed by atoms with E-state index in [2.05, 4.69) is 52.6 Å². The molecule has 7 heteroatoms. The molecule has 3 heterocycles. The highest BCUT2D eigenvalue weighted by atomic mass is 28.3. The van der Waals surface area contributed by atoms with Crippen molar-refractivity contribution in [3.63, 3.8) is 0 Å². The molecule has 0 saturated heterocycles. The van der Waals surface area contributed by atoms with E-state index in [1.54, 1.807) is 6.20 Å². The van der Waals surface area contributed by atoms with Gasteiger partial charge in [-0.2, -0.15) is 0 Å². The minimum atomic E-state index is -2.01. The summed E-state index contributed by atoms with van der Waals surface area (Å²) in [6, 6.07) is 2.17. The maximum atomic E-state index is 12.5. The second-order valence-electron chi connectivity index (χ2n) is 9.95. The third-order valence-corrected chi connectivity index (χ3v) is 13.9. The molecule has 0 radical (unpaired) electrons. The van der Waals surface area contributed by atoms with Gasteiger partial charge in [-0.05, 0) is 53.9 Å². The lowest BCUT2D eigenvalue weighted by Crippen LogP contribution is -2.56. The Bertz CT molecular complexity index is 1100. The highest BCUT2D eigenvalue weighted by Crippen LogP contribution is 2.43. The van der Waals surface area contributed by atoms with Crippen LogP contribution >= 0.6 is 0 Å². The number of fused-ring (bicyclic) bond motifs is 1. The maximum absolute atomic E-state index is 12.5. The third-order valence-electron chi connectivity index (χ3n) is 7.17. The fourth-order valence-electron chi connectivity index (χ4n) is 5.63. The number of nitrogens with zero attached hydrogens (tertiary/aromatic N) is 3. The second kappa shape index (κ2) is 8.50. The first kappa shape index (κ1) is 22.8. The van der Waals surface area contributed by atoms with Gasteiger partial charge >= 0.3 is 5.97 Å². The number of hydrogen-bond donors (Lipinski definition) is 0. The number of ether oxygens (including phenoxy) is 1. The number of esters is 1. The Balaban J connectivity index is 1.88. The molecule has 0 unspecified atom stereocenters. The van der Waals surface area contributed by atoms with Gasteiger partial charge in [-0.25, -0.2) is 14.8 Å². The molecule has 0 amide bonds. The first-order chi connectivity index (χ1) is 15.2. The van der Waals surface area contributed by atoms with Crippen molar-refractivity contribution >= 4 is 25.2 Å². The summed E-state index contributed by atoms with van der Waals surface area (Å²) < 4.78 is 13.7. The lowest BCUT2D eigenvalue weighted by Gasteiger charge is -2.39. The third kappa shape index (κ3) is 3.60. The minimum absolute atomic E-state index is 0.332. The molecule has 0 bridgehead atoms. The number of oxazole rings is 1. The van der Waals surface area contributed by atoms with Crippen LogP contribution in [0.15, 0.2) is 29.1 Å². The van der Waals surface area contributed by atoms with Crippen molar-refractivity contribution < 1.29 is 13.9 Å². The SMILES string of the molecule is CCOC(=O)c1cnc2c(-c3cnc([Si](C(C)C)(C(C)C)C(C)C)o3)cc(C3CC3)cn12. The van der Waals surface area contributed by atoms with Crippen LogP contribution in [-0.2, 0) is 4.74 Å². The van der Waals surface area contributed by atoms with Gasteiger partial charge in [-0.1, -0.05) is 41.5 Å². The van der Waals surface area contributed by atoms with Crippen LogP contribution < -0.4 is 5.51 Å². The largest absolute Gasteiger partial charge is 0.461 e. The van der Waals surface area contributed by atoms with Gasteiger partial charge in [0.25, 0.3) is 0 Å². The molecule has 0 atom stereocenters. The van der Waals surface area contributed by atoms with Crippen molar-refractivity contribution in [3.05, 3.63) is 35.9 Å². The van der Waals surface area contributed by atoms with Crippen molar-refractivity contribution in [2.45, 2.75) is 83.8 Å². The summed E-state index contributed by atoms with van der Waals surface area (Å²) in [5.41, 5.74) is 5.68. The van der Waals surface area contributed by atoms with Gasteiger partial charge in [-0.15, -0.1) is 0 Å². The zero-order valence-electron chi connectivity index (χ0n) is 20.3. The molecule has 1 fully saturated rings. The predicted octanol–water partition coefficient (Wildman–Crippen LogP) is 5.93. The van der Waals surface area contributed by atoms with E-state index in [1.165, 1.54) is 18.4 Å². The molecule has 0 aromatic carbocycles. The monoisotopic (exact) mass is 453 g/mol. The summed E-state index contributed by atoms with van der Waals surface area (Å²) in [7, 11) is -2.01. The minimum Gasteiger partial charge on any atom is -0.461 e. The van der Waals surface area contributed by atoms with Gasteiger partial charge in [0.1, 0.15) is 5.65 Å². The molecule has 6 nitrogen and oxygen atoms in total. The summed E-state index contributed by atoms with van der Waals surface area (Å²) in [5, 5.41) is 0. The van der Waals surface area contributed by atoms with Crippen LogP contribution in [-0.4, -0.2) is 35.0 Å². The number of carbonyl (C=O) groups excluding carboxylic acids is 1. The molecule has 1 aliphatic carbocycles. The average Bonchev–Trinajstić information content (AvgIpc) is 3.30. The van der Waals surface area contributed by atoms with E-state index in [0.29, 0.717) is 40.5 Å². The summed E-state index contributed by atoms with van der Waals surface area (Å²) in [4.78, 5) is 22.0. The fourth-order valence-corrected chi connectivity index (χ4v) is 11.7. The molecule has 172 valence electrons. The van der Waals surface area contributed by atoms with E-state index in [-0.39, 0.29) is 5.97 Å². The van der Waals surface area contributed by atoms with Crippen LogP contribution in [0.25, 0.3) is 17.0 Å². The quantitative estimate of drug-likeness (QED) is 0.312. The number of aromatic nitrogens is 3. The van der Waals surface area contributed by atoms with Gasteiger partial charge in [0.2, 0.25) is 0 Å². The smallest absolute Gasteiger partial charge is 0.356 e. The normalized spacial score (nSPS) is 14.8. The molecule has 3 aromatic rings.